The highest BCUT2D eigenvalue weighted by molar-refractivity contribution is 7.98. The second-order valence-corrected chi connectivity index (χ2v) is 9.65. The Morgan fingerprint density at radius 3 is 2.11 bits per heavy atom. The van der Waals surface area contributed by atoms with Gasteiger partial charge in [0.1, 0.15) is 0 Å². The van der Waals surface area contributed by atoms with Crippen LogP contribution < -0.4 is 20.1 Å². The summed E-state index contributed by atoms with van der Waals surface area (Å²) >= 11 is 1.35. The summed E-state index contributed by atoms with van der Waals surface area (Å²) in [4.78, 5) is 0. The number of aromatic nitrogens is 5. The highest BCUT2D eigenvalue weighted by Gasteiger charge is 2.19. The van der Waals surface area contributed by atoms with E-state index < -0.39 is 0 Å². The summed E-state index contributed by atoms with van der Waals surface area (Å²) in [5.74, 6) is 9.45. The van der Waals surface area contributed by atoms with Gasteiger partial charge in [-0.1, -0.05) is 56.8 Å². The van der Waals surface area contributed by atoms with Crippen molar-refractivity contribution in [1.82, 2.24) is 25.1 Å². The Labute approximate surface area is 207 Å². The van der Waals surface area contributed by atoms with Gasteiger partial charge in [0.05, 0.1) is 27.1 Å². The number of hydrogen-bond acceptors (Lipinski definition) is 10. The van der Waals surface area contributed by atoms with Crippen molar-refractivity contribution in [2.24, 2.45) is 0 Å². The molecule has 0 amide bonds. The Morgan fingerprint density at radius 1 is 0.886 bits per heavy atom. The molecule has 0 aliphatic heterocycles. The van der Waals surface area contributed by atoms with Crippen molar-refractivity contribution in [2.75, 3.05) is 27.2 Å². The number of hydrogen-bond donors (Lipinski definition) is 1. The van der Waals surface area contributed by atoms with E-state index in [-0.39, 0.29) is 5.41 Å². The Hall–Kier alpha value is -3.73. The third-order valence-electron chi connectivity index (χ3n) is 5.38. The van der Waals surface area contributed by atoms with Crippen LogP contribution in [0.15, 0.2) is 46.0 Å². The average molecular weight is 497 g/mol. The molecule has 11 heteroatoms. The maximum Gasteiger partial charge on any atom is 0.248 e. The normalized spacial score (nSPS) is 11.5. The summed E-state index contributed by atoms with van der Waals surface area (Å²) in [6, 6.07) is 11.7. The van der Waals surface area contributed by atoms with Gasteiger partial charge in [0.2, 0.25) is 22.7 Å². The monoisotopic (exact) mass is 496 g/mol. The van der Waals surface area contributed by atoms with E-state index in [1.165, 1.54) is 22.0 Å². The molecule has 0 fully saturated rings. The number of nitrogens with zero attached hydrogens (tertiary/aromatic N) is 5. The number of nitrogens with two attached hydrogens (primary N) is 1. The second kappa shape index (κ2) is 9.87. The molecule has 0 saturated carbocycles. The zero-order chi connectivity index (χ0) is 25.2. The standard InChI is InChI=1S/C24H28N6O4S/c1-24(2,3)16-9-7-14(8-10-16)21-27-29-23(30(21)25)35-13-19-26-28-22(34-19)15-11-17(31-4)20(33-6)18(12-15)32-5/h7-12H,13,25H2,1-6H3. The third kappa shape index (κ3) is 5.04. The molecule has 0 atom stereocenters. The summed E-state index contributed by atoms with van der Waals surface area (Å²) in [7, 11) is 4.64. The molecule has 4 aromatic rings. The van der Waals surface area contributed by atoms with Gasteiger partial charge in [0, 0.05) is 11.1 Å². The van der Waals surface area contributed by atoms with E-state index in [1.807, 2.05) is 12.1 Å². The molecule has 10 nitrogen and oxygen atoms in total. The molecule has 184 valence electrons. The van der Waals surface area contributed by atoms with E-state index in [0.717, 1.165) is 5.56 Å². The number of thioether (sulfide) groups is 1. The minimum Gasteiger partial charge on any atom is -0.493 e. The van der Waals surface area contributed by atoms with Gasteiger partial charge in [-0.15, -0.1) is 20.4 Å². The lowest BCUT2D eigenvalue weighted by atomic mass is 9.87. The Bertz CT molecular complexity index is 1290. The first-order valence-electron chi connectivity index (χ1n) is 10.8. The van der Waals surface area contributed by atoms with Crippen LogP contribution in [0.1, 0.15) is 32.2 Å². The van der Waals surface area contributed by atoms with E-state index in [9.17, 15) is 0 Å². The van der Waals surface area contributed by atoms with Gasteiger partial charge in [0.25, 0.3) is 0 Å². The molecule has 0 aliphatic carbocycles. The average Bonchev–Trinajstić information content (AvgIpc) is 3.47. The Balaban J connectivity index is 1.49. The zero-order valence-electron chi connectivity index (χ0n) is 20.5. The maximum absolute atomic E-state index is 6.28. The summed E-state index contributed by atoms with van der Waals surface area (Å²) in [6.07, 6.45) is 0. The van der Waals surface area contributed by atoms with Crippen molar-refractivity contribution in [3.05, 3.63) is 47.9 Å². The van der Waals surface area contributed by atoms with E-state index in [2.05, 4.69) is 53.3 Å². The first kappa shape index (κ1) is 24.4. The molecular formula is C24H28N6O4S. The summed E-state index contributed by atoms with van der Waals surface area (Å²) in [5, 5.41) is 17.3. The molecule has 2 heterocycles. The number of rotatable bonds is 8. The molecule has 2 N–H and O–H groups in total. The van der Waals surface area contributed by atoms with Crippen LogP contribution in [0.4, 0.5) is 0 Å². The number of benzene rings is 2. The van der Waals surface area contributed by atoms with E-state index >= 15 is 0 Å². The predicted molar refractivity (Wildman–Crippen MR) is 133 cm³/mol. The third-order valence-corrected chi connectivity index (χ3v) is 6.30. The second-order valence-electron chi connectivity index (χ2n) is 8.71. The SMILES string of the molecule is COc1cc(-c2nnc(CSc3nnc(-c4ccc(C(C)(C)C)cc4)n3N)o2)cc(OC)c1OC. The van der Waals surface area contributed by atoms with Gasteiger partial charge >= 0.3 is 0 Å². The van der Waals surface area contributed by atoms with Crippen molar-refractivity contribution in [3.63, 3.8) is 0 Å². The molecule has 0 unspecified atom stereocenters. The van der Waals surface area contributed by atoms with Gasteiger partial charge in [-0.2, -0.15) is 0 Å². The van der Waals surface area contributed by atoms with Gasteiger partial charge in [-0.3, -0.25) is 0 Å². The lowest BCUT2D eigenvalue weighted by Crippen LogP contribution is -2.12. The van der Waals surface area contributed by atoms with Crippen LogP contribution in [0.25, 0.3) is 22.8 Å². The summed E-state index contributed by atoms with van der Waals surface area (Å²) in [5.41, 5.74) is 2.84. The fraction of sp³-hybridized carbons (Fsp3) is 0.333. The fourth-order valence-electron chi connectivity index (χ4n) is 3.45. The summed E-state index contributed by atoms with van der Waals surface area (Å²) < 4.78 is 23.5. The highest BCUT2D eigenvalue weighted by Crippen LogP contribution is 2.41. The largest absolute Gasteiger partial charge is 0.493 e. The van der Waals surface area contributed by atoms with Gasteiger partial charge in [-0.25, -0.2) is 4.68 Å². The van der Waals surface area contributed by atoms with Gasteiger partial charge < -0.3 is 24.5 Å². The Kier molecular flexibility index (Phi) is 6.88. The van der Waals surface area contributed by atoms with E-state index in [1.54, 1.807) is 33.5 Å². The quantitative estimate of drug-likeness (QED) is 0.278. The molecule has 0 spiro atoms. The molecule has 2 aromatic carbocycles. The lowest BCUT2D eigenvalue weighted by Gasteiger charge is -2.19. The van der Waals surface area contributed by atoms with Crippen molar-refractivity contribution >= 4 is 11.8 Å². The van der Waals surface area contributed by atoms with Gasteiger partial charge in [0.15, 0.2) is 17.3 Å². The fourth-order valence-corrected chi connectivity index (χ4v) is 4.14. The zero-order valence-corrected chi connectivity index (χ0v) is 21.3. The number of ether oxygens (including phenoxy) is 3. The first-order valence-corrected chi connectivity index (χ1v) is 11.8. The highest BCUT2D eigenvalue weighted by atomic mass is 32.2. The number of methoxy groups -OCH3 is 3. The predicted octanol–water partition coefficient (Wildman–Crippen LogP) is 4.32. The minimum atomic E-state index is 0.0704. The van der Waals surface area contributed by atoms with Crippen LogP contribution >= 0.6 is 11.8 Å². The van der Waals surface area contributed by atoms with Crippen LogP contribution in [0.5, 0.6) is 17.2 Å². The Morgan fingerprint density at radius 2 is 1.54 bits per heavy atom. The smallest absolute Gasteiger partial charge is 0.248 e. The molecule has 35 heavy (non-hydrogen) atoms. The van der Waals surface area contributed by atoms with Crippen LogP contribution in [-0.2, 0) is 11.2 Å². The lowest BCUT2D eigenvalue weighted by molar-refractivity contribution is 0.324. The van der Waals surface area contributed by atoms with E-state index in [4.69, 9.17) is 24.5 Å². The molecule has 0 saturated heterocycles. The number of nitrogen functional groups attached to an aromatic ring is 1. The van der Waals surface area contributed by atoms with Crippen molar-refractivity contribution in [2.45, 2.75) is 37.1 Å². The van der Waals surface area contributed by atoms with Crippen molar-refractivity contribution in [3.8, 4) is 40.1 Å². The minimum absolute atomic E-state index is 0.0704. The van der Waals surface area contributed by atoms with Crippen LogP contribution in [0.3, 0.4) is 0 Å². The first-order chi connectivity index (χ1) is 16.7. The van der Waals surface area contributed by atoms with Crippen LogP contribution in [-0.4, -0.2) is 46.4 Å². The van der Waals surface area contributed by atoms with E-state index in [0.29, 0.717) is 51.3 Å². The van der Waals surface area contributed by atoms with Crippen LogP contribution in [0, 0.1) is 0 Å². The molecule has 0 bridgehead atoms. The maximum atomic E-state index is 6.28. The molecular weight excluding hydrogens is 468 g/mol. The van der Waals surface area contributed by atoms with Crippen molar-refractivity contribution in [1.29, 1.82) is 0 Å². The molecule has 0 radical (unpaired) electrons. The van der Waals surface area contributed by atoms with Crippen LogP contribution in [0.2, 0.25) is 0 Å². The molecule has 4 rings (SSSR count). The van der Waals surface area contributed by atoms with Crippen molar-refractivity contribution < 1.29 is 18.6 Å². The molecule has 2 aromatic heterocycles. The van der Waals surface area contributed by atoms with Gasteiger partial charge in [-0.05, 0) is 23.1 Å². The summed E-state index contributed by atoms with van der Waals surface area (Å²) in [6.45, 7) is 6.52. The topological polar surface area (TPSA) is 123 Å². The molecule has 0 aliphatic rings.